The molecular weight excluding hydrogens is 340 g/mol. The standard InChI is InChI=1S/C15H14BrClN2O/c1-19(10-7-11-5-8-18-9-6-11)15(20)12-3-2-4-13(16)14(12)17/h2-6,8-9H,7,10H2,1H3. The van der Waals surface area contributed by atoms with Crippen LogP contribution in [0.1, 0.15) is 15.9 Å². The fraction of sp³-hybridized carbons (Fsp3) is 0.200. The third kappa shape index (κ3) is 3.58. The first-order valence-corrected chi connectivity index (χ1v) is 7.35. The number of carbonyl (C=O) groups excluding carboxylic acids is 1. The van der Waals surface area contributed by atoms with Gasteiger partial charge in [0.25, 0.3) is 5.91 Å². The Labute approximate surface area is 131 Å². The molecule has 0 saturated heterocycles. The van der Waals surface area contributed by atoms with Gasteiger partial charge in [-0.25, -0.2) is 0 Å². The summed E-state index contributed by atoms with van der Waals surface area (Å²) < 4.78 is 0.729. The van der Waals surface area contributed by atoms with E-state index >= 15 is 0 Å². The number of likely N-dealkylation sites (N-methyl/N-ethyl adjacent to an activating group) is 1. The minimum absolute atomic E-state index is 0.0784. The summed E-state index contributed by atoms with van der Waals surface area (Å²) in [5.41, 5.74) is 1.67. The van der Waals surface area contributed by atoms with Crippen LogP contribution in [0.25, 0.3) is 0 Å². The number of nitrogens with zero attached hydrogens (tertiary/aromatic N) is 2. The molecule has 1 amide bonds. The predicted molar refractivity (Wildman–Crippen MR) is 84.1 cm³/mol. The molecule has 2 rings (SSSR count). The highest BCUT2D eigenvalue weighted by molar-refractivity contribution is 9.10. The third-order valence-electron chi connectivity index (χ3n) is 3.01. The molecule has 0 atom stereocenters. The second-order valence-electron chi connectivity index (χ2n) is 4.43. The predicted octanol–water partition coefficient (Wildman–Crippen LogP) is 3.81. The van der Waals surface area contributed by atoms with E-state index < -0.39 is 0 Å². The van der Waals surface area contributed by atoms with Crippen LogP contribution < -0.4 is 0 Å². The zero-order valence-electron chi connectivity index (χ0n) is 11.0. The van der Waals surface area contributed by atoms with Crippen molar-refractivity contribution in [3.8, 4) is 0 Å². The first-order chi connectivity index (χ1) is 9.59. The molecule has 0 aliphatic rings. The quantitative estimate of drug-likeness (QED) is 0.837. The van der Waals surface area contributed by atoms with Gasteiger partial charge in [0.05, 0.1) is 10.6 Å². The van der Waals surface area contributed by atoms with Crippen molar-refractivity contribution < 1.29 is 4.79 Å². The van der Waals surface area contributed by atoms with Crippen LogP contribution in [0.2, 0.25) is 5.02 Å². The third-order valence-corrected chi connectivity index (χ3v) is 4.31. The lowest BCUT2D eigenvalue weighted by Gasteiger charge is -2.18. The van der Waals surface area contributed by atoms with Gasteiger partial charge in [0.1, 0.15) is 0 Å². The van der Waals surface area contributed by atoms with Crippen molar-refractivity contribution >= 4 is 33.4 Å². The van der Waals surface area contributed by atoms with E-state index in [9.17, 15) is 4.79 Å². The van der Waals surface area contributed by atoms with Crippen LogP contribution >= 0.6 is 27.5 Å². The van der Waals surface area contributed by atoms with Crippen molar-refractivity contribution in [2.75, 3.05) is 13.6 Å². The second kappa shape index (κ2) is 6.86. The molecule has 2 aromatic rings. The summed E-state index contributed by atoms with van der Waals surface area (Å²) >= 11 is 9.48. The topological polar surface area (TPSA) is 33.2 Å². The minimum Gasteiger partial charge on any atom is -0.341 e. The van der Waals surface area contributed by atoms with E-state index in [2.05, 4.69) is 20.9 Å². The van der Waals surface area contributed by atoms with Crippen LogP contribution in [0.5, 0.6) is 0 Å². The Bertz CT molecular complexity index is 604. The van der Waals surface area contributed by atoms with E-state index in [1.165, 1.54) is 0 Å². The van der Waals surface area contributed by atoms with Gasteiger partial charge in [-0.15, -0.1) is 0 Å². The molecule has 20 heavy (non-hydrogen) atoms. The molecular formula is C15H14BrClN2O. The van der Waals surface area contributed by atoms with Gasteiger partial charge in [-0.05, 0) is 52.2 Å². The van der Waals surface area contributed by atoms with Crippen molar-refractivity contribution in [3.05, 3.63) is 63.3 Å². The molecule has 0 saturated carbocycles. The van der Waals surface area contributed by atoms with Crippen molar-refractivity contribution in [1.29, 1.82) is 0 Å². The number of halogens is 2. The minimum atomic E-state index is -0.0784. The lowest BCUT2D eigenvalue weighted by atomic mass is 10.1. The SMILES string of the molecule is CN(CCc1ccncc1)C(=O)c1cccc(Br)c1Cl. The van der Waals surface area contributed by atoms with E-state index in [4.69, 9.17) is 11.6 Å². The molecule has 0 fully saturated rings. The molecule has 3 nitrogen and oxygen atoms in total. The first-order valence-electron chi connectivity index (χ1n) is 6.18. The number of benzene rings is 1. The number of carbonyl (C=O) groups is 1. The Morgan fingerprint density at radius 2 is 2.00 bits per heavy atom. The van der Waals surface area contributed by atoms with Crippen molar-refractivity contribution in [2.45, 2.75) is 6.42 Å². The zero-order valence-corrected chi connectivity index (χ0v) is 13.4. The summed E-state index contributed by atoms with van der Waals surface area (Å²) in [5.74, 6) is -0.0784. The Morgan fingerprint density at radius 3 is 2.70 bits per heavy atom. The largest absolute Gasteiger partial charge is 0.341 e. The lowest BCUT2D eigenvalue weighted by Crippen LogP contribution is -2.29. The number of rotatable bonds is 4. The molecule has 104 valence electrons. The van der Waals surface area contributed by atoms with Crippen LogP contribution in [0.3, 0.4) is 0 Å². The maximum atomic E-state index is 12.3. The summed E-state index contributed by atoms with van der Waals surface area (Å²) in [4.78, 5) is 18.0. The maximum absolute atomic E-state index is 12.3. The summed E-state index contributed by atoms with van der Waals surface area (Å²) in [6, 6.07) is 9.25. The number of hydrogen-bond acceptors (Lipinski definition) is 2. The highest BCUT2D eigenvalue weighted by Gasteiger charge is 2.16. The monoisotopic (exact) mass is 352 g/mol. The molecule has 0 spiro atoms. The molecule has 1 heterocycles. The van der Waals surface area contributed by atoms with Crippen LogP contribution in [0, 0.1) is 0 Å². The van der Waals surface area contributed by atoms with E-state index in [0.717, 1.165) is 16.5 Å². The van der Waals surface area contributed by atoms with E-state index in [1.54, 1.807) is 36.5 Å². The Morgan fingerprint density at radius 1 is 1.30 bits per heavy atom. The highest BCUT2D eigenvalue weighted by atomic mass is 79.9. The van der Waals surface area contributed by atoms with E-state index in [0.29, 0.717) is 17.1 Å². The van der Waals surface area contributed by atoms with E-state index in [1.807, 2.05) is 18.2 Å². The molecule has 1 aromatic heterocycles. The molecule has 0 N–H and O–H groups in total. The van der Waals surface area contributed by atoms with Crippen molar-refractivity contribution in [3.63, 3.8) is 0 Å². The Kier molecular flexibility index (Phi) is 5.15. The van der Waals surface area contributed by atoms with Gasteiger partial charge in [-0.2, -0.15) is 0 Å². The molecule has 0 radical (unpaired) electrons. The smallest absolute Gasteiger partial charge is 0.255 e. The van der Waals surface area contributed by atoms with Gasteiger partial charge < -0.3 is 4.90 Å². The van der Waals surface area contributed by atoms with Gasteiger partial charge in [-0.1, -0.05) is 17.7 Å². The molecule has 5 heteroatoms. The van der Waals surface area contributed by atoms with Gasteiger partial charge in [0.2, 0.25) is 0 Å². The van der Waals surface area contributed by atoms with Crippen LogP contribution in [0.4, 0.5) is 0 Å². The summed E-state index contributed by atoms with van der Waals surface area (Å²) in [7, 11) is 1.78. The number of aromatic nitrogens is 1. The zero-order chi connectivity index (χ0) is 14.5. The van der Waals surface area contributed by atoms with Crippen LogP contribution in [-0.4, -0.2) is 29.4 Å². The maximum Gasteiger partial charge on any atom is 0.255 e. The Hall–Kier alpha value is -1.39. The fourth-order valence-electron chi connectivity index (χ4n) is 1.82. The van der Waals surface area contributed by atoms with Gasteiger partial charge in [0.15, 0.2) is 0 Å². The molecule has 1 aromatic carbocycles. The number of pyridine rings is 1. The number of amides is 1. The summed E-state index contributed by atoms with van der Waals surface area (Å²) in [6.07, 6.45) is 4.29. The van der Waals surface area contributed by atoms with Crippen molar-refractivity contribution in [2.24, 2.45) is 0 Å². The summed E-state index contributed by atoms with van der Waals surface area (Å²) in [5, 5.41) is 0.452. The second-order valence-corrected chi connectivity index (χ2v) is 5.67. The normalized spacial score (nSPS) is 10.3. The summed E-state index contributed by atoms with van der Waals surface area (Å²) in [6.45, 7) is 0.631. The molecule has 0 bridgehead atoms. The first kappa shape index (κ1) is 15.0. The molecule has 0 aliphatic heterocycles. The molecule has 0 unspecified atom stereocenters. The molecule has 0 aliphatic carbocycles. The van der Waals surface area contributed by atoms with Gasteiger partial charge >= 0.3 is 0 Å². The van der Waals surface area contributed by atoms with Gasteiger partial charge in [-0.3, -0.25) is 9.78 Å². The lowest BCUT2D eigenvalue weighted by molar-refractivity contribution is 0.0796. The van der Waals surface area contributed by atoms with Crippen LogP contribution in [-0.2, 0) is 6.42 Å². The van der Waals surface area contributed by atoms with Crippen LogP contribution in [0.15, 0.2) is 47.2 Å². The average Bonchev–Trinajstić information content (AvgIpc) is 2.48. The fourth-order valence-corrected chi connectivity index (χ4v) is 2.40. The van der Waals surface area contributed by atoms with Gasteiger partial charge in [0, 0.05) is 30.5 Å². The average molecular weight is 354 g/mol. The van der Waals surface area contributed by atoms with Crippen molar-refractivity contribution in [1.82, 2.24) is 9.88 Å². The Balaban J connectivity index is 2.04. The number of hydrogen-bond donors (Lipinski definition) is 0. The highest BCUT2D eigenvalue weighted by Crippen LogP contribution is 2.26. The van der Waals surface area contributed by atoms with E-state index in [-0.39, 0.29) is 5.91 Å².